The van der Waals surface area contributed by atoms with Crippen molar-refractivity contribution in [3.63, 3.8) is 0 Å². The molecule has 10 nitrogen and oxygen atoms in total. The van der Waals surface area contributed by atoms with Crippen LogP contribution in [-0.2, 0) is 30.4 Å². The first-order valence-corrected chi connectivity index (χ1v) is 11.2. The van der Waals surface area contributed by atoms with Crippen LogP contribution in [0.5, 0.6) is 0 Å². The van der Waals surface area contributed by atoms with Crippen molar-refractivity contribution in [2.24, 2.45) is 5.92 Å². The molecule has 0 saturated carbocycles. The average Bonchev–Trinajstić information content (AvgIpc) is 2.74. The number of aliphatic carboxylic acids is 1. The van der Waals surface area contributed by atoms with E-state index < -0.39 is 29.0 Å². The molecule has 0 radical (unpaired) electrons. The van der Waals surface area contributed by atoms with Crippen molar-refractivity contribution in [2.75, 3.05) is 19.0 Å². The van der Waals surface area contributed by atoms with Gasteiger partial charge in [0.1, 0.15) is 6.04 Å². The highest BCUT2D eigenvalue weighted by Crippen LogP contribution is 2.17. The van der Waals surface area contributed by atoms with E-state index in [0.29, 0.717) is 18.8 Å². The van der Waals surface area contributed by atoms with Gasteiger partial charge in [-0.2, -0.15) is 12.6 Å². The Morgan fingerprint density at radius 1 is 1.12 bits per heavy atom. The number of amides is 1. The number of nitrogens with zero attached hydrogens (tertiary/aromatic N) is 1. The van der Waals surface area contributed by atoms with Gasteiger partial charge in [0.25, 0.3) is 5.09 Å². The van der Waals surface area contributed by atoms with Gasteiger partial charge in [-0.05, 0) is 43.2 Å². The Morgan fingerprint density at radius 3 is 2.15 bits per heavy atom. The van der Waals surface area contributed by atoms with Gasteiger partial charge in [-0.15, -0.1) is 10.1 Å². The zero-order valence-electron chi connectivity index (χ0n) is 19.5. The summed E-state index contributed by atoms with van der Waals surface area (Å²) < 4.78 is 4.88. The summed E-state index contributed by atoms with van der Waals surface area (Å²) in [7, 11) is 0. The SMILES string of the molecule is CC(=O)N[C@H](CS)C(=O)OCCCCO[N+](=O)[O-].CC(C)Cc1ccc(C(C)C(=O)O)cc1. The number of carbonyl (C=O) groups excluding carboxylic acids is 2. The molecule has 1 rings (SSSR count). The molecule has 0 heterocycles. The molecule has 33 heavy (non-hydrogen) atoms. The highest BCUT2D eigenvalue weighted by atomic mass is 32.1. The van der Waals surface area contributed by atoms with Crippen LogP contribution in [0.3, 0.4) is 0 Å². The Kier molecular flexibility index (Phi) is 15.3. The minimum absolute atomic E-state index is 0.0355. The van der Waals surface area contributed by atoms with Crippen LogP contribution < -0.4 is 5.32 Å². The molecule has 1 unspecified atom stereocenters. The molecule has 0 aliphatic heterocycles. The molecule has 0 aliphatic rings. The van der Waals surface area contributed by atoms with Crippen molar-refractivity contribution in [3.05, 3.63) is 45.5 Å². The van der Waals surface area contributed by atoms with E-state index in [-0.39, 0.29) is 24.9 Å². The first kappa shape index (κ1) is 30.2. The summed E-state index contributed by atoms with van der Waals surface area (Å²) in [6.07, 6.45) is 1.89. The average molecular weight is 487 g/mol. The van der Waals surface area contributed by atoms with E-state index in [1.807, 2.05) is 24.3 Å². The first-order valence-electron chi connectivity index (χ1n) is 10.6. The summed E-state index contributed by atoms with van der Waals surface area (Å²) in [6.45, 7) is 7.43. The fraction of sp³-hybridized carbons (Fsp3) is 0.591. The second-order valence-electron chi connectivity index (χ2n) is 7.77. The summed E-state index contributed by atoms with van der Waals surface area (Å²) in [5, 5.41) is 20.2. The van der Waals surface area contributed by atoms with Crippen LogP contribution >= 0.6 is 12.6 Å². The molecule has 0 aromatic heterocycles. The molecule has 11 heteroatoms. The Labute approximate surface area is 199 Å². The molecule has 0 fully saturated rings. The molecule has 0 saturated heterocycles. The predicted octanol–water partition coefficient (Wildman–Crippen LogP) is 3.03. The minimum Gasteiger partial charge on any atom is -0.481 e. The smallest absolute Gasteiger partial charge is 0.329 e. The summed E-state index contributed by atoms with van der Waals surface area (Å²) >= 11 is 3.92. The zero-order valence-corrected chi connectivity index (χ0v) is 20.4. The number of ether oxygens (including phenoxy) is 1. The third-order valence-corrected chi connectivity index (χ3v) is 4.68. The van der Waals surface area contributed by atoms with Crippen molar-refractivity contribution >= 4 is 30.5 Å². The van der Waals surface area contributed by atoms with Crippen molar-refractivity contribution < 1.29 is 34.2 Å². The molecule has 186 valence electrons. The Morgan fingerprint density at radius 2 is 1.70 bits per heavy atom. The molecular weight excluding hydrogens is 452 g/mol. The van der Waals surface area contributed by atoms with Crippen molar-refractivity contribution in [3.8, 4) is 0 Å². The number of carboxylic acids is 1. The number of hydrogen-bond acceptors (Lipinski definition) is 8. The lowest BCUT2D eigenvalue weighted by molar-refractivity contribution is -0.757. The van der Waals surface area contributed by atoms with Crippen molar-refractivity contribution in [2.45, 2.75) is 58.9 Å². The maximum Gasteiger partial charge on any atom is 0.329 e. The third kappa shape index (κ3) is 14.8. The van der Waals surface area contributed by atoms with E-state index in [4.69, 9.17) is 9.84 Å². The van der Waals surface area contributed by atoms with Gasteiger partial charge in [0.15, 0.2) is 0 Å². The van der Waals surface area contributed by atoms with E-state index >= 15 is 0 Å². The summed E-state index contributed by atoms with van der Waals surface area (Å²) in [6, 6.07) is 7.09. The second-order valence-corrected chi connectivity index (χ2v) is 8.13. The van der Waals surface area contributed by atoms with E-state index in [9.17, 15) is 24.5 Å². The van der Waals surface area contributed by atoms with Gasteiger partial charge in [0.05, 0.1) is 19.1 Å². The number of carboxylic acid groups (broad SMARTS) is 1. The molecule has 1 amide bonds. The van der Waals surface area contributed by atoms with Crippen molar-refractivity contribution in [1.82, 2.24) is 5.32 Å². The van der Waals surface area contributed by atoms with Crippen LogP contribution in [0, 0.1) is 16.0 Å². The standard InChI is InChI=1S/C13H18O2.C9H16N2O6S/c1-9(2)8-11-4-6-12(7-5-11)10(3)13(14)15;1-7(12)10-8(6-18)9(13)16-4-2-3-5-17-11(14)15/h4-7,9-10H,8H2,1-3H3,(H,14,15);8,18H,2-6H2,1H3,(H,10,12)/t;8-/m.1/s1. The Hall–Kier alpha value is -2.82. The van der Waals surface area contributed by atoms with E-state index in [1.54, 1.807) is 6.92 Å². The van der Waals surface area contributed by atoms with Crippen LogP contribution in [0.2, 0.25) is 0 Å². The van der Waals surface area contributed by atoms with Gasteiger partial charge in [0, 0.05) is 12.7 Å². The van der Waals surface area contributed by atoms with Crippen LogP contribution in [0.15, 0.2) is 24.3 Å². The molecule has 1 aromatic carbocycles. The maximum atomic E-state index is 11.4. The van der Waals surface area contributed by atoms with Gasteiger partial charge in [-0.25, -0.2) is 4.79 Å². The summed E-state index contributed by atoms with van der Waals surface area (Å²) in [5.41, 5.74) is 2.14. The van der Waals surface area contributed by atoms with Gasteiger partial charge in [-0.3, -0.25) is 9.59 Å². The number of benzene rings is 1. The topological polar surface area (TPSA) is 145 Å². The van der Waals surface area contributed by atoms with E-state index in [2.05, 4.69) is 36.6 Å². The van der Waals surface area contributed by atoms with Crippen LogP contribution in [0.4, 0.5) is 0 Å². The number of thiol groups is 1. The number of esters is 1. The minimum atomic E-state index is -0.875. The van der Waals surface area contributed by atoms with Crippen LogP contribution in [0.25, 0.3) is 0 Å². The third-order valence-electron chi connectivity index (χ3n) is 4.32. The van der Waals surface area contributed by atoms with Crippen molar-refractivity contribution in [1.29, 1.82) is 0 Å². The molecule has 0 aliphatic carbocycles. The number of hydrogen-bond donors (Lipinski definition) is 3. The lowest BCUT2D eigenvalue weighted by Gasteiger charge is -2.14. The Bertz CT molecular complexity index is 755. The van der Waals surface area contributed by atoms with Gasteiger partial charge in [0.2, 0.25) is 5.91 Å². The monoisotopic (exact) mass is 486 g/mol. The molecular formula is C22H34N2O8S. The number of rotatable bonds is 13. The second kappa shape index (κ2) is 16.8. The largest absolute Gasteiger partial charge is 0.481 e. The van der Waals surface area contributed by atoms with E-state index in [1.165, 1.54) is 12.5 Å². The van der Waals surface area contributed by atoms with Gasteiger partial charge < -0.3 is 20.0 Å². The fourth-order valence-corrected chi connectivity index (χ4v) is 2.84. The number of carbonyl (C=O) groups is 3. The first-order chi connectivity index (χ1) is 15.5. The molecule has 2 N–H and O–H groups in total. The lowest BCUT2D eigenvalue weighted by Crippen LogP contribution is -2.42. The lowest BCUT2D eigenvalue weighted by atomic mass is 9.97. The highest BCUT2D eigenvalue weighted by Gasteiger charge is 2.18. The Balaban J connectivity index is 0.000000629. The molecule has 0 spiro atoms. The van der Waals surface area contributed by atoms with Gasteiger partial charge >= 0.3 is 11.9 Å². The fourth-order valence-electron chi connectivity index (χ4n) is 2.60. The predicted molar refractivity (Wildman–Crippen MR) is 126 cm³/mol. The van der Waals surface area contributed by atoms with Gasteiger partial charge in [-0.1, -0.05) is 38.1 Å². The molecule has 2 atom stereocenters. The summed E-state index contributed by atoms with van der Waals surface area (Å²) in [5.74, 6) is -1.33. The molecule has 1 aromatic rings. The quantitative estimate of drug-likeness (QED) is 0.127. The zero-order chi connectivity index (χ0) is 25.4. The molecule has 0 bridgehead atoms. The normalized spacial score (nSPS) is 12.1. The highest BCUT2D eigenvalue weighted by molar-refractivity contribution is 7.80. The number of nitrogens with one attached hydrogen (secondary N) is 1. The van der Waals surface area contributed by atoms with E-state index in [0.717, 1.165) is 12.0 Å². The maximum absolute atomic E-state index is 11.4. The van der Waals surface area contributed by atoms with Crippen LogP contribution in [0.1, 0.15) is 57.6 Å². The number of unbranched alkanes of at least 4 members (excludes halogenated alkanes) is 1. The summed E-state index contributed by atoms with van der Waals surface area (Å²) in [4.78, 5) is 46.9. The van der Waals surface area contributed by atoms with Crippen LogP contribution in [-0.4, -0.2) is 53.0 Å².